The van der Waals surface area contributed by atoms with E-state index in [2.05, 4.69) is 4.98 Å². The zero-order chi connectivity index (χ0) is 10.1. The molecule has 0 aromatic carbocycles. The van der Waals surface area contributed by atoms with E-state index in [-0.39, 0.29) is 0 Å². The van der Waals surface area contributed by atoms with Gasteiger partial charge in [-0.2, -0.15) is 0 Å². The second-order valence-corrected chi connectivity index (χ2v) is 4.07. The van der Waals surface area contributed by atoms with Crippen LogP contribution in [0.5, 0.6) is 11.5 Å². The van der Waals surface area contributed by atoms with Gasteiger partial charge in [-0.1, -0.05) is 0 Å². The van der Waals surface area contributed by atoms with Crippen molar-refractivity contribution in [3.8, 4) is 21.9 Å². The zero-order valence-electron chi connectivity index (χ0n) is 7.97. The van der Waals surface area contributed by atoms with E-state index in [9.17, 15) is 0 Å². The van der Waals surface area contributed by atoms with Crippen molar-refractivity contribution in [1.29, 1.82) is 0 Å². The van der Waals surface area contributed by atoms with Crippen molar-refractivity contribution in [1.82, 2.24) is 4.98 Å². The minimum absolute atomic E-state index is 0.627. The van der Waals surface area contributed by atoms with E-state index in [1.807, 2.05) is 17.5 Å². The molecular weight excluding hydrogens is 210 g/mol. The first-order chi connectivity index (χ1) is 7.45. The Balaban J connectivity index is 2.09. The van der Waals surface area contributed by atoms with Gasteiger partial charge in [0.1, 0.15) is 13.2 Å². The van der Waals surface area contributed by atoms with Gasteiger partial charge in [0, 0.05) is 17.8 Å². The molecule has 0 aliphatic carbocycles. The third kappa shape index (κ3) is 1.47. The molecule has 1 aliphatic heterocycles. The first kappa shape index (κ1) is 8.73. The quantitative estimate of drug-likeness (QED) is 0.738. The van der Waals surface area contributed by atoms with Crippen LogP contribution in [-0.2, 0) is 0 Å². The number of thiophene rings is 1. The molecule has 15 heavy (non-hydrogen) atoms. The summed E-state index contributed by atoms with van der Waals surface area (Å²) in [6, 6.07) is 3.95. The Labute approximate surface area is 91.3 Å². The molecule has 0 saturated heterocycles. The van der Waals surface area contributed by atoms with E-state index in [0.717, 1.165) is 21.9 Å². The molecular formula is C11H9NO2S. The Kier molecular flexibility index (Phi) is 2.07. The number of ether oxygens (including phenoxy) is 2. The van der Waals surface area contributed by atoms with E-state index in [4.69, 9.17) is 9.47 Å². The summed E-state index contributed by atoms with van der Waals surface area (Å²) in [6.07, 6.45) is 3.57. The zero-order valence-corrected chi connectivity index (χ0v) is 8.79. The fourth-order valence-electron chi connectivity index (χ4n) is 1.57. The monoisotopic (exact) mass is 219 g/mol. The number of hydrogen-bond acceptors (Lipinski definition) is 4. The number of hydrogen-bond donors (Lipinski definition) is 0. The van der Waals surface area contributed by atoms with Crippen molar-refractivity contribution in [2.75, 3.05) is 13.2 Å². The van der Waals surface area contributed by atoms with Gasteiger partial charge in [0.2, 0.25) is 0 Å². The summed E-state index contributed by atoms with van der Waals surface area (Å²) in [7, 11) is 0. The lowest BCUT2D eigenvalue weighted by atomic mass is 10.2. The highest BCUT2D eigenvalue weighted by atomic mass is 32.1. The maximum Gasteiger partial charge on any atom is 0.179 e. The van der Waals surface area contributed by atoms with Crippen LogP contribution in [0, 0.1) is 0 Å². The third-order valence-electron chi connectivity index (χ3n) is 2.24. The van der Waals surface area contributed by atoms with E-state index in [1.54, 1.807) is 23.7 Å². The van der Waals surface area contributed by atoms with Crippen LogP contribution in [0.1, 0.15) is 0 Å². The lowest BCUT2D eigenvalue weighted by Gasteiger charge is -2.15. The molecule has 3 heterocycles. The molecule has 76 valence electrons. The molecule has 3 rings (SSSR count). The molecule has 4 heteroatoms. The van der Waals surface area contributed by atoms with Gasteiger partial charge in [-0.3, -0.25) is 4.98 Å². The highest BCUT2D eigenvalue weighted by Gasteiger charge is 2.19. The summed E-state index contributed by atoms with van der Waals surface area (Å²) >= 11 is 1.64. The highest BCUT2D eigenvalue weighted by Crippen LogP contribution is 2.45. The Morgan fingerprint density at radius 3 is 2.80 bits per heavy atom. The number of pyridine rings is 1. The number of rotatable bonds is 1. The number of fused-ring (bicyclic) bond motifs is 1. The molecule has 2 aromatic rings. The van der Waals surface area contributed by atoms with Gasteiger partial charge >= 0.3 is 0 Å². The third-order valence-corrected chi connectivity index (χ3v) is 3.23. The molecule has 0 N–H and O–H groups in total. The predicted molar refractivity (Wildman–Crippen MR) is 58.5 cm³/mol. The molecule has 0 radical (unpaired) electrons. The first-order valence-electron chi connectivity index (χ1n) is 4.72. The minimum atomic E-state index is 0.627. The summed E-state index contributed by atoms with van der Waals surface area (Å²) in [5, 5.41) is 1.99. The largest absolute Gasteiger partial charge is 0.485 e. The summed E-state index contributed by atoms with van der Waals surface area (Å²) < 4.78 is 11.1. The van der Waals surface area contributed by atoms with Gasteiger partial charge < -0.3 is 9.47 Å². The highest BCUT2D eigenvalue weighted by molar-refractivity contribution is 7.14. The molecule has 0 amide bonds. The summed E-state index contributed by atoms with van der Waals surface area (Å²) in [5.74, 6) is 1.73. The van der Waals surface area contributed by atoms with Crippen molar-refractivity contribution in [3.63, 3.8) is 0 Å². The average molecular weight is 219 g/mol. The molecule has 1 aliphatic rings. The van der Waals surface area contributed by atoms with Crippen molar-refractivity contribution in [2.45, 2.75) is 0 Å². The van der Waals surface area contributed by atoms with Crippen molar-refractivity contribution < 1.29 is 9.47 Å². The van der Waals surface area contributed by atoms with Gasteiger partial charge in [0.25, 0.3) is 0 Å². The smallest absolute Gasteiger partial charge is 0.179 e. The van der Waals surface area contributed by atoms with Crippen molar-refractivity contribution in [3.05, 3.63) is 29.9 Å². The van der Waals surface area contributed by atoms with Crippen LogP contribution < -0.4 is 9.47 Å². The fourth-order valence-corrected chi connectivity index (χ4v) is 2.50. The number of nitrogens with zero attached hydrogens (tertiary/aromatic N) is 1. The predicted octanol–water partition coefficient (Wildman–Crippen LogP) is 2.58. The maximum atomic E-state index is 5.61. The van der Waals surface area contributed by atoms with Crippen LogP contribution in [0.4, 0.5) is 0 Å². The molecule has 0 bridgehead atoms. The summed E-state index contributed by atoms with van der Waals surface area (Å²) in [4.78, 5) is 5.12. The lowest BCUT2D eigenvalue weighted by molar-refractivity contribution is 0.174. The first-order valence-corrected chi connectivity index (χ1v) is 5.60. The lowest BCUT2D eigenvalue weighted by Crippen LogP contribution is -2.14. The topological polar surface area (TPSA) is 31.4 Å². The standard InChI is InChI=1S/C11H9NO2S/c1-3-12-4-2-8(1)11-10-9(7-15-11)13-5-6-14-10/h1-4,7H,5-6H2. The molecule has 0 fully saturated rings. The van der Waals surface area contributed by atoms with Gasteiger partial charge in [-0.05, 0) is 17.7 Å². The van der Waals surface area contributed by atoms with Crippen molar-refractivity contribution >= 4 is 11.3 Å². The minimum Gasteiger partial charge on any atom is -0.485 e. The second kappa shape index (κ2) is 3.55. The second-order valence-electron chi connectivity index (χ2n) is 3.19. The van der Waals surface area contributed by atoms with Gasteiger partial charge in [-0.15, -0.1) is 11.3 Å². The van der Waals surface area contributed by atoms with E-state index >= 15 is 0 Å². The number of aromatic nitrogens is 1. The average Bonchev–Trinajstić information content (AvgIpc) is 2.74. The summed E-state index contributed by atoms with van der Waals surface area (Å²) in [6.45, 7) is 1.27. The van der Waals surface area contributed by atoms with E-state index in [0.29, 0.717) is 13.2 Å². The molecule has 0 unspecified atom stereocenters. The van der Waals surface area contributed by atoms with Crippen LogP contribution in [0.3, 0.4) is 0 Å². The summed E-state index contributed by atoms with van der Waals surface area (Å²) in [5.41, 5.74) is 1.13. The van der Waals surface area contributed by atoms with Gasteiger partial charge in [-0.25, -0.2) is 0 Å². The Bertz CT molecular complexity index is 467. The van der Waals surface area contributed by atoms with Crippen LogP contribution in [0.15, 0.2) is 29.9 Å². The fraction of sp³-hybridized carbons (Fsp3) is 0.182. The van der Waals surface area contributed by atoms with Crippen LogP contribution in [0.2, 0.25) is 0 Å². The van der Waals surface area contributed by atoms with Gasteiger partial charge in [0.05, 0.1) is 4.88 Å². The van der Waals surface area contributed by atoms with E-state index in [1.165, 1.54) is 0 Å². The molecule has 0 spiro atoms. The molecule has 3 nitrogen and oxygen atoms in total. The Hall–Kier alpha value is -1.55. The Morgan fingerprint density at radius 2 is 1.93 bits per heavy atom. The van der Waals surface area contributed by atoms with Crippen LogP contribution in [-0.4, -0.2) is 18.2 Å². The molecule has 2 aromatic heterocycles. The SMILES string of the molecule is c1cc(-c2scc3c2OCCO3)ccn1. The maximum absolute atomic E-state index is 5.61. The van der Waals surface area contributed by atoms with E-state index < -0.39 is 0 Å². The van der Waals surface area contributed by atoms with Crippen molar-refractivity contribution in [2.24, 2.45) is 0 Å². The normalized spacial score (nSPS) is 13.9. The Morgan fingerprint density at radius 1 is 1.13 bits per heavy atom. The van der Waals surface area contributed by atoms with Crippen LogP contribution >= 0.6 is 11.3 Å². The molecule has 0 saturated carbocycles. The van der Waals surface area contributed by atoms with Gasteiger partial charge in [0.15, 0.2) is 11.5 Å². The van der Waals surface area contributed by atoms with Crippen LogP contribution in [0.25, 0.3) is 10.4 Å². The molecule has 0 atom stereocenters.